The molecule has 0 amide bonds. The van der Waals surface area contributed by atoms with E-state index in [9.17, 15) is 12.8 Å². The highest BCUT2D eigenvalue weighted by Gasteiger charge is 2.23. The summed E-state index contributed by atoms with van der Waals surface area (Å²) in [7, 11) is -2.71. The van der Waals surface area contributed by atoms with Crippen LogP contribution < -0.4 is 14.8 Å². The van der Waals surface area contributed by atoms with E-state index in [2.05, 4.69) is 20.0 Å². The van der Waals surface area contributed by atoms with E-state index in [0.29, 0.717) is 11.5 Å². The molecular formula is C23H26ClFN4O3S2. The Balaban J connectivity index is 1.59. The number of hydrogen-bond acceptors (Lipinski definition) is 7. The number of sulfonamides is 1. The molecule has 0 bridgehead atoms. The van der Waals surface area contributed by atoms with E-state index in [-0.39, 0.29) is 21.5 Å². The highest BCUT2D eigenvalue weighted by molar-refractivity contribution is 7.92. The molecule has 2 N–H and O–H groups in total. The summed E-state index contributed by atoms with van der Waals surface area (Å²) < 4.78 is 47.6. The molecule has 1 aliphatic carbocycles. The molecule has 2 aromatic heterocycles. The summed E-state index contributed by atoms with van der Waals surface area (Å²) in [6.07, 6.45) is 7.51. The van der Waals surface area contributed by atoms with Crippen LogP contribution in [0.5, 0.6) is 5.75 Å². The third kappa shape index (κ3) is 5.61. The molecule has 1 aromatic carbocycles. The molecule has 2 heterocycles. The summed E-state index contributed by atoms with van der Waals surface area (Å²) in [5.74, 6) is 0.00462. The molecule has 1 fully saturated rings. The van der Waals surface area contributed by atoms with Gasteiger partial charge in [-0.3, -0.25) is 4.72 Å². The van der Waals surface area contributed by atoms with E-state index in [1.54, 1.807) is 12.1 Å². The Bertz CT molecular complexity index is 1280. The number of rotatable bonds is 8. The lowest BCUT2D eigenvalue weighted by atomic mass is 9.89. The molecule has 3 aromatic rings. The standard InChI is InChI=1S/C23H26ClFN4O3S2/c1-14-21(33-23(28-14)27-12-15-6-4-3-5-7-15)16-8-9-19(32-2)20(10-16)34(30,31)29-17-11-18(25)22(24)26-13-17/h8-11,13,15,29H,3-7,12H2,1-2H3,(H,27,28). The topological polar surface area (TPSA) is 93.2 Å². The summed E-state index contributed by atoms with van der Waals surface area (Å²) in [5, 5.41) is 3.94. The van der Waals surface area contributed by atoms with Crippen LogP contribution in [0, 0.1) is 18.7 Å². The lowest BCUT2D eigenvalue weighted by Crippen LogP contribution is -2.16. The van der Waals surface area contributed by atoms with Crippen LogP contribution in [0.15, 0.2) is 35.4 Å². The molecule has 0 radical (unpaired) electrons. The van der Waals surface area contributed by atoms with Crippen molar-refractivity contribution in [2.24, 2.45) is 5.92 Å². The molecule has 1 aliphatic rings. The Morgan fingerprint density at radius 2 is 2.00 bits per heavy atom. The van der Waals surface area contributed by atoms with Gasteiger partial charge in [-0.25, -0.2) is 22.8 Å². The van der Waals surface area contributed by atoms with Crippen molar-refractivity contribution in [3.05, 3.63) is 47.1 Å². The Morgan fingerprint density at radius 3 is 2.71 bits per heavy atom. The van der Waals surface area contributed by atoms with Crippen molar-refractivity contribution in [1.82, 2.24) is 9.97 Å². The number of thiazole rings is 1. The van der Waals surface area contributed by atoms with Gasteiger partial charge in [0, 0.05) is 12.6 Å². The predicted molar refractivity (Wildman–Crippen MR) is 134 cm³/mol. The van der Waals surface area contributed by atoms with Gasteiger partial charge < -0.3 is 10.1 Å². The molecule has 34 heavy (non-hydrogen) atoms. The minimum Gasteiger partial charge on any atom is -0.495 e. The van der Waals surface area contributed by atoms with Crippen LogP contribution in [0.3, 0.4) is 0 Å². The second-order valence-electron chi connectivity index (χ2n) is 8.29. The lowest BCUT2D eigenvalue weighted by Gasteiger charge is -2.21. The van der Waals surface area contributed by atoms with Crippen molar-refractivity contribution in [2.75, 3.05) is 23.7 Å². The zero-order chi connectivity index (χ0) is 24.3. The fourth-order valence-corrected chi connectivity index (χ4v) is 6.38. The molecule has 0 spiro atoms. The summed E-state index contributed by atoms with van der Waals surface area (Å²) in [6.45, 7) is 2.79. The fourth-order valence-electron chi connectivity index (χ4n) is 4.08. The van der Waals surface area contributed by atoms with Gasteiger partial charge in [-0.15, -0.1) is 0 Å². The van der Waals surface area contributed by atoms with E-state index in [1.807, 2.05) is 6.92 Å². The van der Waals surface area contributed by atoms with Crippen molar-refractivity contribution in [1.29, 1.82) is 0 Å². The number of anilines is 2. The first-order valence-corrected chi connectivity index (χ1v) is 13.7. The third-order valence-corrected chi connectivity index (χ3v) is 8.67. The molecule has 0 aliphatic heterocycles. The number of methoxy groups -OCH3 is 1. The normalized spacial score (nSPS) is 14.7. The van der Waals surface area contributed by atoms with Crippen molar-refractivity contribution >= 4 is 43.8 Å². The average molecular weight is 525 g/mol. The molecule has 0 atom stereocenters. The van der Waals surface area contributed by atoms with E-state index >= 15 is 0 Å². The van der Waals surface area contributed by atoms with Crippen LogP contribution in [-0.4, -0.2) is 32.0 Å². The zero-order valence-electron chi connectivity index (χ0n) is 18.9. The van der Waals surface area contributed by atoms with Gasteiger partial charge in [0.1, 0.15) is 10.6 Å². The zero-order valence-corrected chi connectivity index (χ0v) is 21.3. The summed E-state index contributed by atoms with van der Waals surface area (Å²) >= 11 is 7.08. The fraction of sp³-hybridized carbons (Fsp3) is 0.391. The second-order valence-corrected chi connectivity index (χ2v) is 11.3. The first-order valence-electron chi connectivity index (χ1n) is 11.0. The van der Waals surface area contributed by atoms with Crippen molar-refractivity contribution in [3.8, 4) is 16.2 Å². The third-order valence-electron chi connectivity index (χ3n) is 5.83. The van der Waals surface area contributed by atoms with Gasteiger partial charge >= 0.3 is 0 Å². The van der Waals surface area contributed by atoms with Gasteiger partial charge in [-0.1, -0.05) is 42.2 Å². The molecule has 0 saturated heterocycles. The molecule has 11 heteroatoms. The van der Waals surface area contributed by atoms with Gasteiger partial charge in [0.2, 0.25) is 0 Å². The monoisotopic (exact) mass is 524 g/mol. The van der Waals surface area contributed by atoms with Crippen LogP contribution in [-0.2, 0) is 10.0 Å². The van der Waals surface area contributed by atoms with E-state index in [1.165, 1.54) is 56.6 Å². The van der Waals surface area contributed by atoms with Crippen LogP contribution in [0.4, 0.5) is 15.2 Å². The SMILES string of the molecule is COc1ccc(-c2sc(NCC3CCCCC3)nc2C)cc1S(=O)(=O)Nc1cnc(Cl)c(F)c1. The quantitative estimate of drug-likeness (QED) is 0.345. The maximum absolute atomic E-state index is 13.8. The molecular weight excluding hydrogens is 499 g/mol. The van der Waals surface area contributed by atoms with Crippen LogP contribution >= 0.6 is 22.9 Å². The number of nitrogens with zero attached hydrogens (tertiary/aromatic N) is 2. The molecule has 4 rings (SSSR count). The summed E-state index contributed by atoms with van der Waals surface area (Å²) in [6, 6.07) is 5.90. The van der Waals surface area contributed by atoms with E-state index in [4.69, 9.17) is 16.3 Å². The Morgan fingerprint density at radius 1 is 1.24 bits per heavy atom. The van der Waals surface area contributed by atoms with Crippen LogP contribution in [0.25, 0.3) is 10.4 Å². The van der Waals surface area contributed by atoms with Crippen molar-refractivity contribution in [2.45, 2.75) is 43.9 Å². The average Bonchev–Trinajstić information content (AvgIpc) is 3.20. The number of halogens is 2. The minimum atomic E-state index is -4.10. The van der Waals surface area contributed by atoms with Gasteiger partial charge in [0.05, 0.1) is 29.6 Å². The largest absolute Gasteiger partial charge is 0.495 e. The van der Waals surface area contributed by atoms with E-state index in [0.717, 1.165) is 34.5 Å². The Kier molecular flexibility index (Phi) is 7.59. The second kappa shape index (κ2) is 10.5. The molecule has 182 valence electrons. The maximum Gasteiger partial charge on any atom is 0.265 e. The maximum atomic E-state index is 13.8. The molecule has 1 saturated carbocycles. The van der Waals surface area contributed by atoms with Crippen LogP contribution in [0.1, 0.15) is 37.8 Å². The predicted octanol–water partition coefficient (Wildman–Crippen LogP) is 6.11. The van der Waals surface area contributed by atoms with Gasteiger partial charge in [0.15, 0.2) is 16.1 Å². The number of ether oxygens (including phenoxy) is 1. The van der Waals surface area contributed by atoms with Crippen LogP contribution in [0.2, 0.25) is 5.15 Å². The summed E-state index contributed by atoms with van der Waals surface area (Å²) in [5.41, 5.74) is 1.46. The van der Waals surface area contributed by atoms with Gasteiger partial charge in [-0.05, 0) is 49.4 Å². The first kappa shape index (κ1) is 24.7. The number of aromatic nitrogens is 2. The lowest BCUT2D eigenvalue weighted by molar-refractivity contribution is 0.373. The smallest absolute Gasteiger partial charge is 0.265 e. The molecule has 7 nitrogen and oxygen atoms in total. The number of aryl methyl sites for hydroxylation is 1. The minimum absolute atomic E-state index is 0.0440. The number of nitrogens with one attached hydrogen (secondary N) is 2. The van der Waals surface area contributed by atoms with Crippen molar-refractivity contribution in [3.63, 3.8) is 0 Å². The highest BCUT2D eigenvalue weighted by atomic mass is 35.5. The van der Waals surface area contributed by atoms with Gasteiger partial charge in [-0.2, -0.15) is 0 Å². The first-order chi connectivity index (χ1) is 16.3. The Labute approximate surface area is 207 Å². The number of benzene rings is 1. The Hall–Kier alpha value is -2.43. The number of pyridine rings is 1. The van der Waals surface area contributed by atoms with E-state index < -0.39 is 15.8 Å². The van der Waals surface area contributed by atoms with Gasteiger partial charge in [0.25, 0.3) is 10.0 Å². The highest BCUT2D eigenvalue weighted by Crippen LogP contribution is 2.37. The molecule has 0 unspecified atom stereocenters. The van der Waals surface area contributed by atoms with Crippen molar-refractivity contribution < 1.29 is 17.5 Å². The number of hydrogen-bond donors (Lipinski definition) is 2. The summed E-state index contributed by atoms with van der Waals surface area (Å²) in [4.78, 5) is 9.08.